The van der Waals surface area contributed by atoms with E-state index >= 15 is 0 Å². The topological polar surface area (TPSA) is 12.5 Å². The second-order valence-corrected chi connectivity index (χ2v) is 5.28. The van der Waals surface area contributed by atoms with Crippen molar-refractivity contribution in [2.75, 3.05) is 19.1 Å². The third kappa shape index (κ3) is 3.38. The number of hydrogen-bond acceptors (Lipinski definition) is 2. The first-order valence-corrected chi connectivity index (χ1v) is 7.24. The minimum absolute atomic E-state index is 0.461. The molecule has 4 heteroatoms. The van der Waals surface area contributed by atoms with Gasteiger partial charge in [0.25, 0.3) is 0 Å². The molecule has 0 atom stereocenters. The van der Waals surface area contributed by atoms with Gasteiger partial charge in [0.2, 0.25) is 0 Å². The molecule has 0 fully saturated rings. The third-order valence-corrected chi connectivity index (χ3v) is 3.73. The molecule has 2 nitrogen and oxygen atoms in total. The molecule has 106 valence electrons. The summed E-state index contributed by atoms with van der Waals surface area (Å²) in [5.41, 5.74) is 3.23. The van der Waals surface area contributed by atoms with Crippen molar-refractivity contribution in [3.8, 4) is 5.75 Å². The maximum Gasteiger partial charge on any atom is 0.123 e. The Morgan fingerprint density at radius 3 is 2.55 bits per heavy atom. The molecule has 0 radical (unpaired) electrons. The normalized spacial score (nSPS) is 10.4. The second-order valence-electron chi connectivity index (χ2n) is 4.57. The summed E-state index contributed by atoms with van der Waals surface area (Å²) in [6, 6.07) is 13.7. The number of anilines is 1. The predicted octanol–water partition coefficient (Wildman–Crippen LogP) is 4.72. The Hall–Kier alpha value is -1.38. The fraction of sp³-hybridized carbons (Fsp3) is 0.250. The van der Waals surface area contributed by atoms with Crippen molar-refractivity contribution < 1.29 is 4.74 Å². The molecule has 2 rings (SSSR count). The van der Waals surface area contributed by atoms with Gasteiger partial charge in [-0.1, -0.05) is 35.9 Å². The Labute approximate surface area is 129 Å². The average Bonchev–Trinajstić information content (AvgIpc) is 2.47. The van der Waals surface area contributed by atoms with Crippen LogP contribution >= 0.6 is 23.2 Å². The number of rotatable bonds is 5. The lowest BCUT2D eigenvalue weighted by atomic mass is 10.1. The highest BCUT2D eigenvalue weighted by Gasteiger charge is 2.10. The molecule has 2 aromatic rings. The van der Waals surface area contributed by atoms with Crippen LogP contribution in [-0.4, -0.2) is 14.2 Å². The summed E-state index contributed by atoms with van der Waals surface area (Å²) >= 11 is 12.1. The fourth-order valence-corrected chi connectivity index (χ4v) is 2.57. The van der Waals surface area contributed by atoms with Crippen LogP contribution in [0, 0.1) is 0 Å². The van der Waals surface area contributed by atoms with E-state index in [0.29, 0.717) is 10.9 Å². The molecule has 20 heavy (non-hydrogen) atoms. The van der Waals surface area contributed by atoms with Gasteiger partial charge in [-0.2, -0.15) is 0 Å². The first-order valence-electron chi connectivity index (χ1n) is 6.33. The van der Waals surface area contributed by atoms with Crippen molar-refractivity contribution in [1.29, 1.82) is 0 Å². The lowest BCUT2D eigenvalue weighted by Gasteiger charge is -2.23. The highest BCUT2D eigenvalue weighted by Crippen LogP contribution is 2.28. The summed E-state index contributed by atoms with van der Waals surface area (Å²) in [7, 11) is 3.70. The van der Waals surface area contributed by atoms with Gasteiger partial charge in [-0.05, 0) is 23.8 Å². The Balaban J connectivity index is 2.28. The van der Waals surface area contributed by atoms with Gasteiger partial charge in [-0.25, -0.2) is 0 Å². The number of methoxy groups -OCH3 is 1. The van der Waals surface area contributed by atoms with Crippen LogP contribution in [0.2, 0.25) is 5.02 Å². The molecule has 2 aromatic carbocycles. The number of hydrogen-bond donors (Lipinski definition) is 0. The molecular formula is C16H17Cl2NO. The predicted molar refractivity (Wildman–Crippen MR) is 86.1 cm³/mol. The van der Waals surface area contributed by atoms with E-state index in [1.54, 1.807) is 7.11 Å². The van der Waals surface area contributed by atoms with Gasteiger partial charge in [0.15, 0.2) is 0 Å². The van der Waals surface area contributed by atoms with Gasteiger partial charge in [0.05, 0.1) is 7.11 Å². The van der Waals surface area contributed by atoms with E-state index in [2.05, 4.69) is 11.0 Å². The van der Waals surface area contributed by atoms with E-state index < -0.39 is 0 Å². The molecule has 0 aliphatic carbocycles. The van der Waals surface area contributed by atoms with Gasteiger partial charge in [-0.15, -0.1) is 11.6 Å². The van der Waals surface area contributed by atoms with Gasteiger partial charge in [-0.3, -0.25) is 0 Å². The number of alkyl halides is 1. The van der Waals surface area contributed by atoms with Crippen molar-refractivity contribution >= 4 is 28.9 Å². The lowest BCUT2D eigenvalue weighted by molar-refractivity contribution is 0.409. The number of benzene rings is 2. The highest BCUT2D eigenvalue weighted by atomic mass is 35.5. The second kappa shape index (κ2) is 6.87. The molecule has 0 heterocycles. The first kappa shape index (κ1) is 15.0. The summed E-state index contributed by atoms with van der Waals surface area (Å²) in [4.78, 5) is 2.13. The molecule has 0 aliphatic heterocycles. The Bertz CT molecular complexity index is 586. The van der Waals surface area contributed by atoms with E-state index in [-0.39, 0.29) is 0 Å². The zero-order valence-electron chi connectivity index (χ0n) is 11.6. The molecule has 0 amide bonds. The van der Waals surface area contributed by atoms with E-state index in [9.17, 15) is 0 Å². The summed E-state index contributed by atoms with van der Waals surface area (Å²) in [6.07, 6.45) is 0. The third-order valence-electron chi connectivity index (χ3n) is 3.20. The smallest absolute Gasteiger partial charge is 0.123 e. The van der Waals surface area contributed by atoms with Crippen molar-refractivity contribution in [2.24, 2.45) is 0 Å². The summed E-state index contributed by atoms with van der Waals surface area (Å²) < 4.78 is 5.38. The first-order chi connectivity index (χ1) is 9.65. The Kier molecular flexibility index (Phi) is 5.16. The van der Waals surface area contributed by atoms with Crippen molar-refractivity contribution in [3.05, 3.63) is 58.6 Å². The monoisotopic (exact) mass is 309 g/mol. The standard InChI is InChI=1S/C16H17Cl2NO/c1-19(11-13-5-3-4-6-16(13)20-2)15-9-14(18)8-7-12(15)10-17/h3-9H,10-11H2,1-2H3. The molecule has 0 aliphatic rings. The van der Waals surface area contributed by atoms with E-state index in [1.165, 1.54) is 0 Å². The minimum atomic E-state index is 0.461. The van der Waals surface area contributed by atoms with Crippen LogP contribution in [0.4, 0.5) is 5.69 Å². The highest BCUT2D eigenvalue weighted by molar-refractivity contribution is 6.31. The van der Waals surface area contributed by atoms with Gasteiger partial charge < -0.3 is 9.64 Å². The Morgan fingerprint density at radius 1 is 1.10 bits per heavy atom. The molecular weight excluding hydrogens is 293 g/mol. The number of para-hydroxylation sites is 1. The van der Waals surface area contributed by atoms with Crippen LogP contribution in [0.5, 0.6) is 5.75 Å². The molecule has 0 spiro atoms. The maximum absolute atomic E-state index is 6.08. The van der Waals surface area contributed by atoms with Gasteiger partial charge in [0.1, 0.15) is 5.75 Å². The van der Waals surface area contributed by atoms with Crippen LogP contribution in [-0.2, 0) is 12.4 Å². The zero-order valence-corrected chi connectivity index (χ0v) is 13.1. The minimum Gasteiger partial charge on any atom is -0.496 e. The molecule has 0 unspecified atom stereocenters. The van der Waals surface area contributed by atoms with E-state index in [0.717, 1.165) is 29.1 Å². The molecule has 0 aromatic heterocycles. The largest absolute Gasteiger partial charge is 0.496 e. The van der Waals surface area contributed by atoms with Gasteiger partial charge >= 0.3 is 0 Å². The van der Waals surface area contributed by atoms with Crippen LogP contribution in [0.15, 0.2) is 42.5 Å². The SMILES string of the molecule is COc1ccccc1CN(C)c1cc(Cl)ccc1CCl. The lowest BCUT2D eigenvalue weighted by Crippen LogP contribution is -2.18. The molecule has 0 saturated carbocycles. The fourth-order valence-electron chi connectivity index (χ4n) is 2.18. The van der Waals surface area contributed by atoms with Crippen LogP contribution in [0.25, 0.3) is 0 Å². The summed E-state index contributed by atoms with van der Waals surface area (Å²) in [6.45, 7) is 0.730. The molecule has 0 N–H and O–H groups in total. The van der Waals surface area contributed by atoms with Crippen LogP contribution in [0.3, 0.4) is 0 Å². The molecule has 0 saturated heterocycles. The van der Waals surface area contributed by atoms with Crippen LogP contribution < -0.4 is 9.64 Å². The van der Waals surface area contributed by atoms with E-state index in [1.807, 2.05) is 43.4 Å². The van der Waals surface area contributed by atoms with Crippen LogP contribution in [0.1, 0.15) is 11.1 Å². The van der Waals surface area contributed by atoms with Crippen molar-refractivity contribution in [3.63, 3.8) is 0 Å². The molecule has 0 bridgehead atoms. The number of ether oxygens (including phenoxy) is 1. The maximum atomic E-state index is 6.08. The zero-order chi connectivity index (χ0) is 14.5. The van der Waals surface area contributed by atoms with E-state index in [4.69, 9.17) is 27.9 Å². The summed E-state index contributed by atoms with van der Waals surface area (Å²) in [5, 5.41) is 0.709. The quantitative estimate of drug-likeness (QED) is 0.741. The van der Waals surface area contributed by atoms with Gasteiger partial charge in [0, 0.05) is 35.7 Å². The van der Waals surface area contributed by atoms with Crippen molar-refractivity contribution in [2.45, 2.75) is 12.4 Å². The number of halogens is 2. The Morgan fingerprint density at radius 2 is 1.85 bits per heavy atom. The van der Waals surface area contributed by atoms with Crippen molar-refractivity contribution in [1.82, 2.24) is 0 Å². The average molecular weight is 310 g/mol. The number of nitrogens with zero attached hydrogens (tertiary/aromatic N) is 1. The summed E-state index contributed by atoms with van der Waals surface area (Å²) in [5.74, 6) is 1.34.